The van der Waals surface area contributed by atoms with E-state index in [1.54, 1.807) is 0 Å². The second-order valence-corrected chi connectivity index (χ2v) is 13.9. The van der Waals surface area contributed by atoms with Gasteiger partial charge in [0.2, 0.25) is 0 Å². The van der Waals surface area contributed by atoms with Crippen molar-refractivity contribution < 1.29 is 19.1 Å². The van der Waals surface area contributed by atoms with Gasteiger partial charge in [0.1, 0.15) is 11.9 Å². The third-order valence-corrected chi connectivity index (χ3v) is 11.3. The third-order valence-electron chi connectivity index (χ3n) is 11.3. The first-order valence-electron chi connectivity index (χ1n) is 16.6. The van der Waals surface area contributed by atoms with Gasteiger partial charge >= 0.3 is 5.97 Å². The summed E-state index contributed by atoms with van der Waals surface area (Å²) in [5, 5.41) is 0. The highest BCUT2D eigenvalue weighted by molar-refractivity contribution is 6.06. The fourth-order valence-electron chi connectivity index (χ4n) is 8.87. The van der Waals surface area contributed by atoms with Crippen LogP contribution >= 0.6 is 0 Å². The Morgan fingerprint density at radius 1 is 0.927 bits per heavy atom. The number of unbranched alkanes of at least 4 members (excludes halogenated alkanes) is 6. The normalized spacial score (nSPS) is 33.5. The van der Waals surface area contributed by atoms with Crippen LogP contribution in [0.4, 0.5) is 0 Å². The minimum Gasteiger partial charge on any atom is -0.494 e. The molecule has 5 rings (SSSR count). The van der Waals surface area contributed by atoms with Crippen LogP contribution in [0.3, 0.4) is 0 Å². The molecule has 0 saturated heterocycles. The Morgan fingerprint density at radius 3 is 2.37 bits per heavy atom. The highest BCUT2D eigenvalue weighted by Gasteiger charge is 2.60. The average Bonchev–Trinajstić information content (AvgIpc) is 3.20. The molecule has 1 aromatic rings. The molecule has 224 valence electrons. The van der Waals surface area contributed by atoms with Crippen LogP contribution in [0.25, 0.3) is 6.08 Å². The summed E-state index contributed by atoms with van der Waals surface area (Å²) in [6.45, 7) is 9.25. The van der Waals surface area contributed by atoms with Gasteiger partial charge in [0.25, 0.3) is 0 Å². The largest absolute Gasteiger partial charge is 0.494 e. The molecule has 0 amide bonds. The lowest BCUT2D eigenvalue weighted by Gasteiger charge is -2.56. The van der Waals surface area contributed by atoms with Crippen molar-refractivity contribution >= 4 is 17.8 Å². The van der Waals surface area contributed by atoms with Crippen molar-refractivity contribution in [1.82, 2.24) is 0 Å². The first kappa shape index (κ1) is 30.1. The van der Waals surface area contributed by atoms with E-state index in [1.807, 2.05) is 0 Å². The number of carbonyl (C=O) groups excluding carboxylic acids is 2. The number of ether oxygens (including phenoxy) is 2. The molecule has 0 N–H and O–H groups in total. The molecule has 4 heteroatoms. The number of ketones is 1. The van der Waals surface area contributed by atoms with Crippen LogP contribution in [-0.4, -0.2) is 24.5 Å². The molecule has 0 bridgehead atoms. The van der Waals surface area contributed by atoms with Crippen LogP contribution in [0.2, 0.25) is 0 Å². The maximum atomic E-state index is 13.8. The lowest BCUT2D eigenvalue weighted by atomic mass is 9.48. The Labute approximate surface area is 248 Å². The summed E-state index contributed by atoms with van der Waals surface area (Å²) in [5.41, 5.74) is 3.52. The molecular weight excluding hydrogens is 508 g/mol. The SMILES string of the molecule is CCCCCCCCCOc1ccc(/C=C2\C[C@@H]3[C@H]4CC=C5C[C@@H](OC(C)=O)CC[C@]5(C)[C@@H]4CC[C@]3(C)C2=O)cc1. The molecule has 3 saturated carbocycles. The number of rotatable bonds is 11. The van der Waals surface area contributed by atoms with Gasteiger partial charge in [-0.05, 0) is 97.5 Å². The number of fused-ring (bicyclic) bond motifs is 5. The van der Waals surface area contributed by atoms with Crippen LogP contribution in [0.15, 0.2) is 41.5 Å². The molecule has 41 heavy (non-hydrogen) atoms. The predicted octanol–water partition coefficient (Wildman–Crippen LogP) is 9.27. The maximum Gasteiger partial charge on any atom is 0.302 e. The van der Waals surface area contributed by atoms with Gasteiger partial charge in [-0.2, -0.15) is 0 Å². The molecular formula is C37H52O4. The average molecular weight is 561 g/mol. The second-order valence-electron chi connectivity index (χ2n) is 13.9. The first-order valence-corrected chi connectivity index (χ1v) is 16.6. The lowest BCUT2D eigenvalue weighted by Crippen LogP contribution is -2.50. The zero-order valence-corrected chi connectivity index (χ0v) is 26.0. The third kappa shape index (κ3) is 6.37. The van der Waals surface area contributed by atoms with E-state index in [4.69, 9.17) is 9.47 Å². The summed E-state index contributed by atoms with van der Waals surface area (Å²) in [7, 11) is 0. The van der Waals surface area contributed by atoms with Crippen molar-refractivity contribution in [2.45, 2.75) is 124 Å². The number of benzene rings is 1. The number of hydrogen-bond donors (Lipinski definition) is 0. The predicted molar refractivity (Wildman–Crippen MR) is 166 cm³/mol. The number of hydrogen-bond acceptors (Lipinski definition) is 4. The van der Waals surface area contributed by atoms with Gasteiger partial charge in [-0.15, -0.1) is 0 Å². The first-order chi connectivity index (χ1) is 19.7. The maximum absolute atomic E-state index is 13.8. The number of carbonyl (C=O) groups is 2. The molecule has 0 aromatic heterocycles. The van der Waals surface area contributed by atoms with Gasteiger partial charge in [0.05, 0.1) is 6.61 Å². The van der Waals surface area contributed by atoms with Crippen molar-refractivity contribution in [3.05, 3.63) is 47.1 Å². The Bertz CT molecular complexity index is 1150. The minimum atomic E-state index is -0.247. The molecule has 3 fully saturated rings. The zero-order chi connectivity index (χ0) is 29.0. The summed E-state index contributed by atoms with van der Waals surface area (Å²) >= 11 is 0. The van der Waals surface area contributed by atoms with Gasteiger partial charge in [0, 0.05) is 18.8 Å². The molecule has 4 nitrogen and oxygen atoms in total. The van der Waals surface area contributed by atoms with Crippen molar-refractivity contribution in [3.63, 3.8) is 0 Å². The van der Waals surface area contributed by atoms with E-state index >= 15 is 0 Å². The van der Waals surface area contributed by atoms with Gasteiger partial charge in [-0.3, -0.25) is 9.59 Å². The van der Waals surface area contributed by atoms with E-state index in [0.717, 1.165) is 74.9 Å². The topological polar surface area (TPSA) is 52.6 Å². The van der Waals surface area contributed by atoms with Crippen LogP contribution in [0.5, 0.6) is 5.75 Å². The summed E-state index contributed by atoms with van der Waals surface area (Å²) in [5.74, 6) is 2.68. The quantitative estimate of drug-likeness (QED) is 0.117. The fourth-order valence-corrected chi connectivity index (χ4v) is 8.87. The molecule has 4 aliphatic carbocycles. The molecule has 0 aliphatic heterocycles. The van der Waals surface area contributed by atoms with Crippen LogP contribution in [0, 0.1) is 28.6 Å². The van der Waals surface area contributed by atoms with E-state index < -0.39 is 0 Å². The van der Waals surface area contributed by atoms with Crippen LogP contribution in [-0.2, 0) is 14.3 Å². The smallest absolute Gasteiger partial charge is 0.302 e. The zero-order valence-electron chi connectivity index (χ0n) is 26.0. The van der Waals surface area contributed by atoms with Crippen molar-refractivity contribution in [3.8, 4) is 5.75 Å². The number of esters is 1. The highest BCUT2D eigenvalue weighted by atomic mass is 16.5. The van der Waals surface area contributed by atoms with Gasteiger partial charge < -0.3 is 9.47 Å². The molecule has 0 heterocycles. The monoisotopic (exact) mass is 560 g/mol. The van der Waals surface area contributed by atoms with E-state index in [9.17, 15) is 9.59 Å². The van der Waals surface area contributed by atoms with Crippen molar-refractivity contribution in [2.75, 3.05) is 6.61 Å². The number of allylic oxidation sites excluding steroid dienone is 2. The summed E-state index contributed by atoms with van der Waals surface area (Å²) in [6.07, 6.45) is 20.6. The van der Waals surface area contributed by atoms with Crippen molar-refractivity contribution in [1.29, 1.82) is 0 Å². The van der Waals surface area contributed by atoms with Crippen molar-refractivity contribution in [2.24, 2.45) is 28.6 Å². The van der Waals surface area contributed by atoms with Gasteiger partial charge in [-0.1, -0.05) is 83.1 Å². The summed E-state index contributed by atoms with van der Waals surface area (Å²) in [4.78, 5) is 25.4. The molecule has 1 aromatic carbocycles. The van der Waals surface area contributed by atoms with E-state index in [-0.39, 0.29) is 22.9 Å². The Morgan fingerprint density at radius 2 is 1.63 bits per heavy atom. The van der Waals surface area contributed by atoms with Crippen LogP contribution in [0.1, 0.15) is 123 Å². The molecule has 4 aliphatic rings. The summed E-state index contributed by atoms with van der Waals surface area (Å²) < 4.78 is 11.6. The Hall–Kier alpha value is -2.36. The Kier molecular flexibility index (Phi) is 9.46. The fraction of sp³-hybridized carbons (Fsp3) is 0.676. The second kappa shape index (κ2) is 12.9. The van der Waals surface area contributed by atoms with E-state index in [0.29, 0.717) is 23.5 Å². The molecule has 0 unspecified atom stereocenters. The van der Waals surface area contributed by atoms with Gasteiger partial charge in [0.15, 0.2) is 5.78 Å². The lowest BCUT2D eigenvalue weighted by molar-refractivity contribution is -0.148. The Balaban J connectivity index is 1.20. The van der Waals surface area contributed by atoms with Crippen LogP contribution < -0.4 is 4.74 Å². The standard InChI is InChI=1S/C37H52O4/c1-5-6-7-8-9-10-11-22-40-30-15-12-27(13-16-30)23-28-24-34-32-17-14-29-25-31(41-26(2)38)18-20-36(29,3)33(32)19-21-37(34,4)35(28)39/h12-16,23,31-34H,5-11,17-22,24-25H2,1-4H3/b28-23+/t31-,32-,33+,34+,36-,37-/m0/s1. The molecule has 0 radical (unpaired) electrons. The molecule has 0 spiro atoms. The minimum absolute atomic E-state index is 0.0249. The highest BCUT2D eigenvalue weighted by Crippen LogP contribution is 2.64. The molecule has 6 atom stereocenters. The van der Waals surface area contributed by atoms with E-state index in [1.165, 1.54) is 51.0 Å². The van der Waals surface area contributed by atoms with Gasteiger partial charge in [-0.25, -0.2) is 0 Å². The van der Waals surface area contributed by atoms with E-state index in [2.05, 4.69) is 57.2 Å². The number of Topliss-reactive ketones (excluding diaryl/α,β-unsaturated/α-hetero) is 1. The summed E-state index contributed by atoms with van der Waals surface area (Å²) in [6, 6.07) is 8.31.